The first-order valence-corrected chi connectivity index (χ1v) is 9.16. The first-order valence-electron chi connectivity index (χ1n) is 8.37. The second-order valence-corrected chi connectivity index (χ2v) is 6.92. The highest BCUT2D eigenvalue weighted by Gasteiger charge is 2.13. The molecule has 0 aliphatic rings. The molecule has 0 fully saturated rings. The van der Waals surface area contributed by atoms with Gasteiger partial charge < -0.3 is 5.11 Å². The van der Waals surface area contributed by atoms with Gasteiger partial charge >= 0.3 is 0 Å². The second-order valence-electron chi connectivity index (χ2n) is 6.00. The number of rotatable bonds is 3. The molecule has 1 heterocycles. The summed E-state index contributed by atoms with van der Waals surface area (Å²) in [7, 11) is 0. The van der Waals surface area contributed by atoms with Crippen LogP contribution in [-0.2, 0) is 0 Å². The lowest BCUT2D eigenvalue weighted by atomic mass is 10.2. The molecule has 1 N–H and O–H groups in total. The minimum absolute atomic E-state index is 0.0231. The second kappa shape index (κ2) is 7.21. The Morgan fingerprint density at radius 1 is 0.889 bits per heavy atom. The van der Waals surface area contributed by atoms with Crippen molar-refractivity contribution in [3.05, 3.63) is 99.0 Å². The summed E-state index contributed by atoms with van der Waals surface area (Å²) in [5, 5.41) is 10.8. The zero-order chi connectivity index (χ0) is 18.8. The molecular weight excluding hydrogens is 404 g/mol. The highest BCUT2D eigenvalue weighted by Crippen LogP contribution is 2.22. The number of nitrogens with zero attached hydrogens (tertiary/aromatic N) is 2. The van der Waals surface area contributed by atoms with E-state index in [2.05, 4.69) is 20.9 Å². The number of hydrogen-bond donors (Lipinski definition) is 1. The Kier molecular flexibility index (Phi) is 4.60. The monoisotopic (exact) mass is 418 g/mol. The zero-order valence-corrected chi connectivity index (χ0v) is 15.8. The lowest BCUT2D eigenvalue weighted by molar-refractivity contribution is 0.471. The molecule has 0 spiro atoms. The Bertz CT molecular complexity index is 1210. The Hall–Kier alpha value is -3.18. The highest BCUT2D eigenvalue weighted by atomic mass is 79.9. The molecule has 4 rings (SSSR count). The van der Waals surface area contributed by atoms with Crippen molar-refractivity contribution < 1.29 is 5.11 Å². The van der Waals surface area contributed by atoms with Gasteiger partial charge in [0.05, 0.1) is 16.6 Å². The molecule has 3 aromatic carbocycles. The van der Waals surface area contributed by atoms with Crippen molar-refractivity contribution >= 4 is 39.0 Å². The van der Waals surface area contributed by atoms with Crippen LogP contribution in [0.25, 0.3) is 28.7 Å². The fraction of sp³-hybridized carbons (Fsp3) is 0. The van der Waals surface area contributed by atoms with Gasteiger partial charge in [-0.1, -0.05) is 58.4 Å². The molecular formula is C22H15BrN2O2. The molecule has 0 saturated heterocycles. The van der Waals surface area contributed by atoms with E-state index in [1.807, 2.05) is 42.5 Å². The maximum absolute atomic E-state index is 13.1. The molecule has 0 aliphatic heterocycles. The van der Waals surface area contributed by atoms with E-state index in [9.17, 15) is 9.90 Å². The van der Waals surface area contributed by atoms with E-state index in [1.54, 1.807) is 42.5 Å². The van der Waals surface area contributed by atoms with E-state index in [4.69, 9.17) is 0 Å². The maximum atomic E-state index is 13.1. The maximum Gasteiger partial charge on any atom is 0.266 e. The predicted molar refractivity (Wildman–Crippen MR) is 112 cm³/mol. The van der Waals surface area contributed by atoms with Crippen LogP contribution < -0.4 is 5.56 Å². The number of halogens is 1. The van der Waals surface area contributed by atoms with E-state index in [-0.39, 0.29) is 11.3 Å². The summed E-state index contributed by atoms with van der Waals surface area (Å²) in [6.45, 7) is 0. The third-order valence-electron chi connectivity index (χ3n) is 4.22. The third kappa shape index (κ3) is 3.41. The van der Waals surface area contributed by atoms with Gasteiger partial charge in [-0.05, 0) is 48.0 Å². The summed E-state index contributed by atoms with van der Waals surface area (Å²) in [6.07, 6.45) is 3.67. The number of aromatic nitrogens is 2. The van der Waals surface area contributed by atoms with Crippen molar-refractivity contribution in [1.82, 2.24) is 9.55 Å². The van der Waals surface area contributed by atoms with Crippen molar-refractivity contribution in [2.45, 2.75) is 0 Å². The Morgan fingerprint density at radius 2 is 1.59 bits per heavy atom. The van der Waals surface area contributed by atoms with Crippen molar-refractivity contribution in [3.63, 3.8) is 0 Å². The van der Waals surface area contributed by atoms with Crippen LogP contribution in [0.4, 0.5) is 0 Å². The van der Waals surface area contributed by atoms with Crippen LogP contribution in [-0.4, -0.2) is 14.7 Å². The van der Waals surface area contributed by atoms with Gasteiger partial charge in [0.2, 0.25) is 0 Å². The molecule has 0 radical (unpaired) electrons. The molecule has 4 aromatic rings. The van der Waals surface area contributed by atoms with Crippen LogP contribution in [0.1, 0.15) is 11.4 Å². The number of para-hydroxylation sites is 3. The van der Waals surface area contributed by atoms with Gasteiger partial charge in [0, 0.05) is 4.47 Å². The Morgan fingerprint density at radius 3 is 2.37 bits per heavy atom. The zero-order valence-electron chi connectivity index (χ0n) is 14.2. The lowest BCUT2D eigenvalue weighted by Gasteiger charge is -2.12. The lowest BCUT2D eigenvalue weighted by Crippen LogP contribution is -2.22. The van der Waals surface area contributed by atoms with Crippen molar-refractivity contribution in [2.24, 2.45) is 0 Å². The first-order chi connectivity index (χ1) is 13.1. The molecule has 4 nitrogen and oxygen atoms in total. The molecule has 27 heavy (non-hydrogen) atoms. The van der Waals surface area contributed by atoms with Gasteiger partial charge in [-0.15, -0.1) is 0 Å². The fourth-order valence-electron chi connectivity index (χ4n) is 2.89. The average Bonchev–Trinajstić information content (AvgIpc) is 2.69. The minimum atomic E-state index is -0.224. The number of phenols is 1. The molecule has 0 aliphatic carbocycles. The number of phenolic OH excluding ortho intramolecular Hbond substituents is 1. The molecule has 0 bridgehead atoms. The van der Waals surface area contributed by atoms with Crippen LogP contribution in [0, 0.1) is 0 Å². The highest BCUT2D eigenvalue weighted by molar-refractivity contribution is 9.10. The molecule has 0 unspecified atom stereocenters. The van der Waals surface area contributed by atoms with Crippen LogP contribution in [0.15, 0.2) is 82.1 Å². The molecule has 132 valence electrons. The van der Waals surface area contributed by atoms with Gasteiger partial charge in [0.1, 0.15) is 11.6 Å². The van der Waals surface area contributed by atoms with Crippen molar-refractivity contribution in [2.75, 3.05) is 0 Å². The standard InChI is InChI=1S/C22H15BrN2O2/c23-16-12-9-15(10-13-16)11-14-21-24-18-6-2-1-5-17(18)22(27)25(21)19-7-3-4-8-20(19)26/h1-14,26H/b14-11+. The first kappa shape index (κ1) is 17.2. The van der Waals surface area contributed by atoms with Gasteiger partial charge in [-0.2, -0.15) is 0 Å². The van der Waals surface area contributed by atoms with Gasteiger partial charge in [0.25, 0.3) is 5.56 Å². The van der Waals surface area contributed by atoms with Gasteiger partial charge in [0.15, 0.2) is 0 Å². The molecule has 1 aromatic heterocycles. The van der Waals surface area contributed by atoms with Gasteiger partial charge in [-0.25, -0.2) is 4.98 Å². The molecule has 5 heteroatoms. The number of fused-ring (bicyclic) bond motifs is 1. The Labute approximate surface area is 164 Å². The van der Waals surface area contributed by atoms with Crippen LogP contribution in [0.3, 0.4) is 0 Å². The SMILES string of the molecule is O=c1c2ccccc2nc(/C=C/c2ccc(Br)cc2)n1-c1ccccc1O. The molecule has 0 amide bonds. The van der Waals surface area contributed by atoms with E-state index >= 15 is 0 Å². The smallest absolute Gasteiger partial charge is 0.266 e. The van der Waals surface area contributed by atoms with Crippen molar-refractivity contribution in [1.29, 1.82) is 0 Å². The van der Waals surface area contributed by atoms with Crippen LogP contribution in [0.5, 0.6) is 5.75 Å². The van der Waals surface area contributed by atoms with Crippen LogP contribution in [0.2, 0.25) is 0 Å². The average molecular weight is 419 g/mol. The topological polar surface area (TPSA) is 55.1 Å². The quantitative estimate of drug-likeness (QED) is 0.507. The normalized spacial score (nSPS) is 11.3. The molecule has 0 atom stereocenters. The van der Waals surface area contributed by atoms with E-state index in [1.165, 1.54) is 4.57 Å². The predicted octanol–water partition coefficient (Wildman–Crippen LogP) is 5.02. The summed E-state index contributed by atoms with van der Waals surface area (Å²) < 4.78 is 2.43. The van der Waals surface area contributed by atoms with E-state index in [0.29, 0.717) is 22.4 Å². The molecule has 0 saturated carbocycles. The van der Waals surface area contributed by atoms with Gasteiger partial charge in [-0.3, -0.25) is 9.36 Å². The Balaban J connectivity index is 1.95. The number of aromatic hydroxyl groups is 1. The van der Waals surface area contributed by atoms with E-state index in [0.717, 1.165) is 10.0 Å². The summed E-state index contributed by atoms with van der Waals surface area (Å²) in [5.41, 5.74) is 1.77. The minimum Gasteiger partial charge on any atom is -0.506 e. The summed E-state index contributed by atoms with van der Waals surface area (Å²) in [4.78, 5) is 17.8. The largest absolute Gasteiger partial charge is 0.506 e. The summed E-state index contributed by atoms with van der Waals surface area (Å²) in [6, 6.07) is 21.8. The number of benzene rings is 3. The summed E-state index contributed by atoms with van der Waals surface area (Å²) in [5.74, 6) is 0.470. The summed E-state index contributed by atoms with van der Waals surface area (Å²) >= 11 is 3.42. The third-order valence-corrected chi connectivity index (χ3v) is 4.75. The van der Waals surface area contributed by atoms with Crippen molar-refractivity contribution in [3.8, 4) is 11.4 Å². The fourth-order valence-corrected chi connectivity index (χ4v) is 3.16. The van der Waals surface area contributed by atoms with Crippen LogP contribution >= 0.6 is 15.9 Å². The van der Waals surface area contributed by atoms with E-state index < -0.39 is 0 Å². The number of hydrogen-bond acceptors (Lipinski definition) is 3.